The Morgan fingerprint density at radius 2 is 2.21 bits per heavy atom. The average Bonchev–Trinajstić information content (AvgIpc) is 2.18. The number of benzene rings is 1. The van der Waals surface area contributed by atoms with Gasteiger partial charge in [-0.1, -0.05) is 29.8 Å². The Morgan fingerprint density at radius 3 is 2.79 bits per heavy atom. The van der Waals surface area contributed by atoms with Crippen molar-refractivity contribution in [1.29, 1.82) is 0 Å². The zero-order chi connectivity index (χ0) is 10.6. The molecule has 0 spiro atoms. The normalized spacial score (nSPS) is 12.2. The van der Waals surface area contributed by atoms with Gasteiger partial charge in [0.25, 0.3) is 5.91 Å². The van der Waals surface area contributed by atoms with Crippen LogP contribution in [0, 0.1) is 0 Å². The molecule has 1 unspecified atom stereocenters. The number of hydrogen-bond acceptors (Lipinski definition) is 2. The summed E-state index contributed by atoms with van der Waals surface area (Å²) in [5, 5.41) is 12.5. The first kappa shape index (κ1) is 11.0. The molecular weight excluding hydrogens is 202 g/mol. The lowest BCUT2D eigenvalue weighted by atomic mass is 10.1. The van der Waals surface area contributed by atoms with E-state index in [4.69, 9.17) is 11.6 Å². The van der Waals surface area contributed by atoms with Gasteiger partial charge in [-0.2, -0.15) is 0 Å². The molecule has 0 aliphatic rings. The summed E-state index contributed by atoms with van der Waals surface area (Å²) in [6, 6.07) is 6.74. The highest BCUT2D eigenvalue weighted by Gasteiger charge is 2.18. The first-order valence-corrected chi connectivity index (χ1v) is 4.74. The monoisotopic (exact) mass is 213 g/mol. The Bertz CT molecular complexity index is 328. The second-order valence-electron chi connectivity index (χ2n) is 2.82. The quantitative estimate of drug-likeness (QED) is 0.800. The predicted molar refractivity (Wildman–Crippen MR) is 55.1 cm³/mol. The molecule has 4 heteroatoms. The molecule has 0 saturated carbocycles. The van der Waals surface area contributed by atoms with Gasteiger partial charge in [0.2, 0.25) is 0 Å². The molecule has 0 aliphatic carbocycles. The molecule has 1 aromatic rings. The lowest BCUT2D eigenvalue weighted by Crippen LogP contribution is -2.29. The molecule has 0 bridgehead atoms. The van der Waals surface area contributed by atoms with Crippen LogP contribution in [0.1, 0.15) is 18.6 Å². The number of rotatable bonds is 3. The predicted octanol–water partition coefficient (Wildman–Crippen LogP) is 1.51. The summed E-state index contributed by atoms with van der Waals surface area (Å²) in [5.74, 6) is -0.430. The smallest absolute Gasteiger partial charge is 0.253 e. The first-order chi connectivity index (χ1) is 6.66. The Morgan fingerprint density at radius 1 is 1.57 bits per heavy atom. The number of aliphatic hydroxyl groups excluding tert-OH is 1. The molecule has 1 amide bonds. The van der Waals surface area contributed by atoms with Gasteiger partial charge < -0.3 is 10.4 Å². The molecule has 0 radical (unpaired) electrons. The van der Waals surface area contributed by atoms with E-state index in [-0.39, 0.29) is 0 Å². The SMILES string of the molecule is CCNC(=O)C(O)c1ccccc1Cl. The fraction of sp³-hybridized carbons (Fsp3) is 0.300. The Kier molecular flexibility index (Phi) is 3.92. The van der Waals surface area contributed by atoms with Gasteiger partial charge in [0.1, 0.15) is 0 Å². The summed E-state index contributed by atoms with van der Waals surface area (Å²) in [7, 11) is 0. The molecule has 14 heavy (non-hydrogen) atoms. The summed E-state index contributed by atoms with van der Waals surface area (Å²) in [5.41, 5.74) is 0.431. The molecule has 0 heterocycles. The highest BCUT2D eigenvalue weighted by Crippen LogP contribution is 2.22. The summed E-state index contributed by atoms with van der Waals surface area (Å²) in [6.07, 6.45) is -1.19. The highest BCUT2D eigenvalue weighted by atomic mass is 35.5. The largest absolute Gasteiger partial charge is 0.378 e. The molecule has 76 valence electrons. The second-order valence-corrected chi connectivity index (χ2v) is 3.23. The maximum absolute atomic E-state index is 11.3. The number of nitrogens with one attached hydrogen (secondary N) is 1. The van der Waals surface area contributed by atoms with Crippen molar-refractivity contribution in [3.8, 4) is 0 Å². The minimum Gasteiger partial charge on any atom is -0.378 e. The minimum absolute atomic E-state index is 0.395. The molecule has 1 aromatic carbocycles. The van der Waals surface area contributed by atoms with Crippen molar-refractivity contribution in [2.24, 2.45) is 0 Å². The number of carbonyl (C=O) groups is 1. The Hall–Kier alpha value is -1.06. The third kappa shape index (κ3) is 2.47. The van der Waals surface area contributed by atoms with E-state index in [1.807, 2.05) is 0 Å². The van der Waals surface area contributed by atoms with Gasteiger partial charge in [0, 0.05) is 17.1 Å². The second kappa shape index (κ2) is 4.98. The number of carbonyl (C=O) groups excluding carboxylic acids is 1. The minimum atomic E-state index is -1.19. The third-order valence-electron chi connectivity index (χ3n) is 1.80. The maximum Gasteiger partial charge on any atom is 0.253 e. The van der Waals surface area contributed by atoms with Gasteiger partial charge in [-0.3, -0.25) is 4.79 Å². The van der Waals surface area contributed by atoms with Crippen LogP contribution in [-0.4, -0.2) is 17.6 Å². The van der Waals surface area contributed by atoms with Crippen molar-refractivity contribution in [3.63, 3.8) is 0 Å². The van der Waals surface area contributed by atoms with Crippen LogP contribution in [0.15, 0.2) is 24.3 Å². The van der Waals surface area contributed by atoms with Crippen LogP contribution in [0.3, 0.4) is 0 Å². The van der Waals surface area contributed by atoms with Gasteiger partial charge in [-0.15, -0.1) is 0 Å². The van der Waals surface area contributed by atoms with Crippen LogP contribution in [0.5, 0.6) is 0 Å². The van der Waals surface area contributed by atoms with Crippen molar-refractivity contribution in [1.82, 2.24) is 5.32 Å². The van der Waals surface area contributed by atoms with Crippen LogP contribution >= 0.6 is 11.6 Å². The van der Waals surface area contributed by atoms with Crippen molar-refractivity contribution >= 4 is 17.5 Å². The fourth-order valence-electron chi connectivity index (χ4n) is 1.11. The van der Waals surface area contributed by atoms with Crippen molar-refractivity contribution < 1.29 is 9.90 Å². The molecule has 1 atom stereocenters. The fourth-order valence-corrected chi connectivity index (χ4v) is 1.35. The van der Waals surface area contributed by atoms with Crippen LogP contribution in [0.4, 0.5) is 0 Å². The molecule has 0 fully saturated rings. The van der Waals surface area contributed by atoms with Gasteiger partial charge >= 0.3 is 0 Å². The Labute approximate surface area is 87.7 Å². The van der Waals surface area contributed by atoms with E-state index in [9.17, 15) is 9.90 Å². The third-order valence-corrected chi connectivity index (χ3v) is 2.14. The van der Waals surface area contributed by atoms with E-state index in [2.05, 4.69) is 5.32 Å². The highest BCUT2D eigenvalue weighted by molar-refractivity contribution is 6.31. The van der Waals surface area contributed by atoms with E-state index in [0.29, 0.717) is 17.1 Å². The zero-order valence-electron chi connectivity index (χ0n) is 7.83. The molecule has 1 rings (SSSR count). The summed E-state index contributed by atoms with van der Waals surface area (Å²) in [6.45, 7) is 2.28. The first-order valence-electron chi connectivity index (χ1n) is 4.37. The molecule has 2 N–H and O–H groups in total. The molecule has 0 aliphatic heterocycles. The van der Waals surface area contributed by atoms with E-state index >= 15 is 0 Å². The lowest BCUT2D eigenvalue weighted by molar-refractivity contribution is -0.129. The summed E-state index contributed by atoms with van der Waals surface area (Å²) >= 11 is 5.82. The standard InChI is InChI=1S/C10H12ClNO2/c1-2-12-10(14)9(13)7-5-3-4-6-8(7)11/h3-6,9,13H,2H2,1H3,(H,12,14). The van der Waals surface area contributed by atoms with Crippen molar-refractivity contribution in [3.05, 3.63) is 34.9 Å². The van der Waals surface area contributed by atoms with Gasteiger partial charge in [-0.25, -0.2) is 0 Å². The van der Waals surface area contributed by atoms with Crippen LogP contribution in [-0.2, 0) is 4.79 Å². The lowest BCUT2D eigenvalue weighted by Gasteiger charge is -2.11. The van der Waals surface area contributed by atoms with E-state index in [0.717, 1.165) is 0 Å². The molecule has 3 nitrogen and oxygen atoms in total. The summed E-state index contributed by atoms with van der Waals surface area (Å²) in [4.78, 5) is 11.3. The number of halogens is 1. The van der Waals surface area contributed by atoms with Crippen LogP contribution in [0.25, 0.3) is 0 Å². The number of amides is 1. The van der Waals surface area contributed by atoms with Crippen LogP contribution in [0.2, 0.25) is 5.02 Å². The van der Waals surface area contributed by atoms with E-state index < -0.39 is 12.0 Å². The number of aliphatic hydroxyl groups is 1. The average molecular weight is 214 g/mol. The maximum atomic E-state index is 11.3. The van der Waals surface area contributed by atoms with E-state index in [1.54, 1.807) is 31.2 Å². The zero-order valence-corrected chi connectivity index (χ0v) is 8.58. The topological polar surface area (TPSA) is 49.3 Å². The van der Waals surface area contributed by atoms with Crippen LogP contribution < -0.4 is 5.32 Å². The van der Waals surface area contributed by atoms with Crippen molar-refractivity contribution in [2.75, 3.05) is 6.54 Å². The Balaban J connectivity index is 2.84. The van der Waals surface area contributed by atoms with Gasteiger partial charge in [0.15, 0.2) is 6.10 Å². The molecule has 0 aromatic heterocycles. The van der Waals surface area contributed by atoms with Gasteiger partial charge in [0.05, 0.1) is 0 Å². The summed E-state index contributed by atoms with van der Waals surface area (Å²) < 4.78 is 0. The van der Waals surface area contributed by atoms with Crippen molar-refractivity contribution in [2.45, 2.75) is 13.0 Å². The number of hydrogen-bond donors (Lipinski definition) is 2. The molecular formula is C10H12ClNO2. The van der Waals surface area contributed by atoms with E-state index in [1.165, 1.54) is 0 Å². The van der Waals surface area contributed by atoms with Gasteiger partial charge in [-0.05, 0) is 13.0 Å². The number of likely N-dealkylation sites (N-methyl/N-ethyl adjacent to an activating group) is 1. The molecule has 0 saturated heterocycles.